The van der Waals surface area contributed by atoms with Crippen LogP contribution >= 0.6 is 15.9 Å². The molecule has 0 amide bonds. The molecule has 1 N–H and O–H groups in total. The summed E-state index contributed by atoms with van der Waals surface area (Å²) in [7, 11) is 0. The number of aromatic amines is 1. The van der Waals surface area contributed by atoms with E-state index in [0.29, 0.717) is 0 Å². The van der Waals surface area contributed by atoms with Crippen molar-refractivity contribution in [2.24, 2.45) is 11.8 Å². The minimum absolute atomic E-state index is 0.788. The summed E-state index contributed by atoms with van der Waals surface area (Å²) in [5.74, 6) is 1.63. The summed E-state index contributed by atoms with van der Waals surface area (Å²) in [5, 5.41) is 1.43. The predicted molar refractivity (Wildman–Crippen MR) is 81.1 cm³/mol. The third-order valence-electron chi connectivity index (χ3n) is 4.44. The number of benzene rings is 1. The zero-order valence-corrected chi connectivity index (χ0v) is 12.9. The minimum Gasteiger partial charge on any atom is -0.358 e. The molecule has 3 rings (SSSR count). The number of rotatable bonds is 1. The van der Waals surface area contributed by atoms with Gasteiger partial charge in [-0.25, -0.2) is 0 Å². The summed E-state index contributed by atoms with van der Waals surface area (Å²) in [6.45, 7) is 6.90. The Morgan fingerprint density at radius 3 is 2.83 bits per heavy atom. The largest absolute Gasteiger partial charge is 0.358 e. The van der Waals surface area contributed by atoms with Crippen LogP contribution in [0, 0.1) is 18.8 Å². The number of fused-ring (bicyclic) bond motifs is 3. The highest BCUT2D eigenvalue weighted by Gasteiger charge is 2.24. The number of hydrogen-bond acceptors (Lipinski definition) is 0. The molecule has 96 valence electrons. The van der Waals surface area contributed by atoms with E-state index < -0.39 is 0 Å². The lowest BCUT2D eigenvalue weighted by Gasteiger charge is -2.25. The molecule has 0 saturated carbocycles. The van der Waals surface area contributed by atoms with Gasteiger partial charge in [0.25, 0.3) is 0 Å². The van der Waals surface area contributed by atoms with Gasteiger partial charge in [-0.1, -0.05) is 29.8 Å². The summed E-state index contributed by atoms with van der Waals surface area (Å²) >= 11 is 3.63. The fraction of sp³-hybridized carbons (Fsp3) is 0.500. The highest BCUT2D eigenvalue weighted by atomic mass is 79.9. The molecular weight excluding hydrogens is 286 g/mol. The summed E-state index contributed by atoms with van der Waals surface area (Å²) in [4.78, 5) is 3.65. The average molecular weight is 306 g/mol. The number of hydrogen-bond donors (Lipinski definition) is 1. The molecule has 1 aromatic heterocycles. The highest BCUT2D eigenvalue weighted by molar-refractivity contribution is 9.10. The van der Waals surface area contributed by atoms with Crippen LogP contribution in [0.1, 0.15) is 37.1 Å². The zero-order valence-electron chi connectivity index (χ0n) is 11.3. The van der Waals surface area contributed by atoms with Crippen LogP contribution in [0.4, 0.5) is 0 Å². The Balaban J connectivity index is 2.15. The van der Waals surface area contributed by atoms with Gasteiger partial charge in [-0.2, -0.15) is 0 Å². The van der Waals surface area contributed by atoms with Crippen LogP contribution in [0.2, 0.25) is 0 Å². The highest BCUT2D eigenvalue weighted by Crippen LogP contribution is 2.36. The van der Waals surface area contributed by atoms with Crippen molar-refractivity contribution in [1.82, 2.24) is 4.98 Å². The first-order chi connectivity index (χ1) is 8.56. The van der Waals surface area contributed by atoms with E-state index in [9.17, 15) is 0 Å². The standard InChI is InChI=1S/C16H20BrN/c1-9(2)11-4-5-15-13(7-11)14-8-12(17)6-10(3)16(14)18-15/h6,8-9,11,18H,4-5,7H2,1-3H3. The second kappa shape index (κ2) is 4.41. The molecule has 1 aliphatic rings. The third kappa shape index (κ3) is 1.91. The van der Waals surface area contributed by atoms with E-state index in [2.05, 4.69) is 53.8 Å². The van der Waals surface area contributed by atoms with Gasteiger partial charge in [-0.05, 0) is 61.3 Å². The summed E-state index contributed by atoms with van der Waals surface area (Å²) in [5.41, 5.74) is 5.73. The predicted octanol–water partition coefficient (Wildman–Crippen LogP) is 5.00. The van der Waals surface area contributed by atoms with Crippen LogP contribution in [-0.2, 0) is 12.8 Å². The maximum Gasteiger partial charge on any atom is 0.0489 e. The van der Waals surface area contributed by atoms with E-state index in [0.717, 1.165) is 11.8 Å². The lowest BCUT2D eigenvalue weighted by molar-refractivity contribution is 0.342. The van der Waals surface area contributed by atoms with Crippen molar-refractivity contribution in [3.8, 4) is 0 Å². The summed E-state index contributed by atoms with van der Waals surface area (Å²) < 4.78 is 1.20. The van der Waals surface area contributed by atoms with Gasteiger partial charge in [0, 0.05) is 21.1 Å². The Morgan fingerprint density at radius 1 is 1.33 bits per heavy atom. The summed E-state index contributed by atoms with van der Waals surface area (Å²) in [6, 6.07) is 4.48. The zero-order chi connectivity index (χ0) is 12.9. The Hall–Kier alpha value is -0.760. The van der Waals surface area contributed by atoms with Crippen LogP contribution in [0.3, 0.4) is 0 Å². The van der Waals surface area contributed by atoms with Crippen LogP contribution < -0.4 is 0 Å². The van der Waals surface area contributed by atoms with Crippen molar-refractivity contribution in [2.75, 3.05) is 0 Å². The lowest BCUT2D eigenvalue weighted by Crippen LogP contribution is -2.18. The van der Waals surface area contributed by atoms with Gasteiger partial charge in [-0.3, -0.25) is 0 Å². The van der Waals surface area contributed by atoms with Gasteiger partial charge in [-0.15, -0.1) is 0 Å². The molecule has 18 heavy (non-hydrogen) atoms. The SMILES string of the molecule is Cc1cc(Br)cc2c3c([nH]c12)CCC(C(C)C)C3. The molecule has 0 radical (unpaired) electrons. The van der Waals surface area contributed by atoms with Crippen molar-refractivity contribution in [3.63, 3.8) is 0 Å². The first-order valence-corrected chi connectivity index (χ1v) is 7.65. The van der Waals surface area contributed by atoms with Crippen molar-refractivity contribution in [3.05, 3.63) is 33.4 Å². The van der Waals surface area contributed by atoms with Crippen LogP contribution in [0.15, 0.2) is 16.6 Å². The topological polar surface area (TPSA) is 15.8 Å². The fourth-order valence-electron chi connectivity index (χ4n) is 3.25. The number of aryl methyl sites for hydroxylation is 2. The maximum absolute atomic E-state index is 3.65. The molecule has 2 heteroatoms. The average Bonchev–Trinajstić information content (AvgIpc) is 2.67. The maximum atomic E-state index is 3.65. The molecule has 0 fully saturated rings. The molecule has 0 spiro atoms. The molecule has 0 bridgehead atoms. The number of aromatic nitrogens is 1. The Kier molecular flexibility index (Phi) is 3.01. The van der Waals surface area contributed by atoms with Crippen molar-refractivity contribution in [2.45, 2.75) is 40.0 Å². The molecule has 2 aromatic rings. The molecular formula is C16H20BrN. The molecule has 1 heterocycles. The van der Waals surface area contributed by atoms with Gasteiger partial charge in [0.15, 0.2) is 0 Å². The number of halogens is 1. The Labute approximate surface area is 117 Å². The van der Waals surface area contributed by atoms with Gasteiger partial charge in [0.05, 0.1) is 0 Å². The molecule has 1 unspecified atom stereocenters. The monoisotopic (exact) mass is 305 g/mol. The first kappa shape index (κ1) is 12.3. The Morgan fingerprint density at radius 2 is 2.11 bits per heavy atom. The second-order valence-corrected chi connectivity index (χ2v) is 6.89. The summed E-state index contributed by atoms with van der Waals surface area (Å²) in [6.07, 6.45) is 3.78. The quantitative estimate of drug-likeness (QED) is 0.763. The van der Waals surface area contributed by atoms with E-state index >= 15 is 0 Å². The first-order valence-electron chi connectivity index (χ1n) is 6.86. The fourth-order valence-corrected chi connectivity index (χ4v) is 3.82. The van der Waals surface area contributed by atoms with E-state index in [1.165, 1.54) is 45.9 Å². The van der Waals surface area contributed by atoms with Gasteiger partial charge >= 0.3 is 0 Å². The van der Waals surface area contributed by atoms with Crippen LogP contribution in [0.5, 0.6) is 0 Å². The molecule has 0 aliphatic heterocycles. The van der Waals surface area contributed by atoms with Crippen molar-refractivity contribution in [1.29, 1.82) is 0 Å². The van der Waals surface area contributed by atoms with Crippen molar-refractivity contribution < 1.29 is 0 Å². The molecule has 1 nitrogen and oxygen atoms in total. The lowest BCUT2D eigenvalue weighted by atomic mass is 9.80. The smallest absolute Gasteiger partial charge is 0.0489 e. The Bertz CT molecular complexity index is 595. The van der Waals surface area contributed by atoms with Crippen LogP contribution in [-0.4, -0.2) is 4.98 Å². The molecule has 0 saturated heterocycles. The van der Waals surface area contributed by atoms with E-state index in [4.69, 9.17) is 0 Å². The van der Waals surface area contributed by atoms with Crippen LogP contribution in [0.25, 0.3) is 10.9 Å². The molecule has 1 aliphatic carbocycles. The molecule has 1 aromatic carbocycles. The molecule has 1 atom stereocenters. The van der Waals surface area contributed by atoms with Gasteiger partial charge in [0.2, 0.25) is 0 Å². The van der Waals surface area contributed by atoms with Gasteiger partial charge in [0.1, 0.15) is 0 Å². The normalized spacial score (nSPS) is 19.5. The number of nitrogens with one attached hydrogen (secondary N) is 1. The van der Waals surface area contributed by atoms with E-state index in [1.54, 1.807) is 5.56 Å². The van der Waals surface area contributed by atoms with Crippen molar-refractivity contribution >= 4 is 26.8 Å². The minimum atomic E-state index is 0.788. The third-order valence-corrected chi connectivity index (χ3v) is 4.90. The van der Waals surface area contributed by atoms with E-state index in [-0.39, 0.29) is 0 Å². The van der Waals surface area contributed by atoms with E-state index in [1.807, 2.05) is 0 Å². The van der Waals surface area contributed by atoms with Gasteiger partial charge < -0.3 is 4.98 Å². The number of H-pyrrole nitrogens is 1. The second-order valence-electron chi connectivity index (χ2n) is 5.97.